The van der Waals surface area contributed by atoms with Crippen LogP contribution in [0, 0.1) is 5.82 Å². The van der Waals surface area contributed by atoms with E-state index in [1.54, 1.807) is 18.0 Å². The summed E-state index contributed by atoms with van der Waals surface area (Å²) in [6, 6.07) is 11.3. The van der Waals surface area contributed by atoms with Gasteiger partial charge in [0.25, 0.3) is 0 Å². The zero-order chi connectivity index (χ0) is 21.3. The summed E-state index contributed by atoms with van der Waals surface area (Å²) in [4.78, 5) is 17.9. The molecule has 2 aromatic carbocycles. The number of likely N-dealkylation sites (N-methyl/N-ethyl adjacent to an activating group) is 1. The predicted octanol–water partition coefficient (Wildman–Crippen LogP) is 3.73. The van der Waals surface area contributed by atoms with E-state index in [1.807, 2.05) is 12.1 Å². The second-order valence-electron chi connectivity index (χ2n) is 8.14. The van der Waals surface area contributed by atoms with Gasteiger partial charge in [0, 0.05) is 52.6 Å². The Kier molecular flexibility index (Phi) is 9.20. The summed E-state index contributed by atoms with van der Waals surface area (Å²) < 4.78 is 19.3. The van der Waals surface area contributed by atoms with Gasteiger partial charge in [0.15, 0.2) is 11.6 Å². The molecule has 2 aliphatic rings. The van der Waals surface area contributed by atoms with Crippen LogP contribution in [-0.4, -0.2) is 61.6 Å². The van der Waals surface area contributed by atoms with E-state index in [9.17, 15) is 9.18 Å². The summed E-state index contributed by atoms with van der Waals surface area (Å²) in [6.45, 7) is 3.68. The van der Waals surface area contributed by atoms with E-state index in [1.165, 1.54) is 24.3 Å². The highest BCUT2D eigenvalue weighted by atomic mass is 35.5. The standard InChI is InChI=1S/C23H27ClFN3O2.2ClH/c1-27(15-16-11-19(24)21(30-2)20(25)12-16)22(29)23(28-9-7-26-8-10-28)13-17-5-3-4-6-18(17)14-23;;/h3-6,11-12,26H,7-10,13-15H2,1-2H3;2*1H. The molecule has 0 aromatic heterocycles. The number of hydrogen-bond acceptors (Lipinski definition) is 4. The number of benzene rings is 2. The number of nitrogens with one attached hydrogen (secondary N) is 1. The maximum absolute atomic E-state index is 14.3. The third-order valence-electron chi connectivity index (χ3n) is 6.23. The maximum atomic E-state index is 14.3. The lowest BCUT2D eigenvalue weighted by Crippen LogP contribution is -2.63. The van der Waals surface area contributed by atoms with Gasteiger partial charge >= 0.3 is 0 Å². The molecular formula is C23H29Cl3FN3O2. The molecule has 4 rings (SSSR count). The lowest BCUT2D eigenvalue weighted by atomic mass is 9.90. The fourth-order valence-electron chi connectivity index (χ4n) is 4.80. The van der Waals surface area contributed by atoms with Gasteiger partial charge in [-0.05, 0) is 28.8 Å². The maximum Gasteiger partial charge on any atom is 0.243 e. The fraction of sp³-hybridized carbons (Fsp3) is 0.435. The first-order valence-corrected chi connectivity index (χ1v) is 10.6. The topological polar surface area (TPSA) is 44.8 Å². The van der Waals surface area contributed by atoms with Crippen LogP contribution in [0.25, 0.3) is 0 Å². The molecule has 1 aliphatic carbocycles. The molecule has 0 bridgehead atoms. The first kappa shape index (κ1) is 26.7. The molecule has 0 saturated carbocycles. The van der Waals surface area contributed by atoms with Crippen molar-refractivity contribution >= 4 is 42.3 Å². The zero-order valence-corrected chi connectivity index (χ0v) is 20.6. The Bertz CT molecular complexity index is 906. The van der Waals surface area contributed by atoms with E-state index in [4.69, 9.17) is 16.3 Å². The Labute approximate surface area is 206 Å². The minimum absolute atomic E-state index is 0. The largest absolute Gasteiger partial charge is 0.492 e. The van der Waals surface area contributed by atoms with Gasteiger partial charge in [0.2, 0.25) is 5.91 Å². The number of piperazine rings is 1. The van der Waals surface area contributed by atoms with Crippen LogP contribution in [0.15, 0.2) is 36.4 Å². The summed E-state index contributed by atoms with van der Waals surface area (Å²) in [5.41, 5.74) is 2.50. The number of halogens is 4. The molecule has 0 radical (unpaired) electrons. The number of ether oxygens (including phenoxy) is 1. The van der Waals surface area contributed by atoms with Crippen molar-refractivity contribution in [3.63, 3.8) is 0 Å². The van der Waals surface area contributed by atoms with E-state index >= 15 is 0 Å². The van der Waals surface area contributed by atoms with Crippen LogP contribution in [-0.2, 0) is 24.2 Å². The predicted molar refractivity (Wildman–Crippen MR) is 130 cm³/mol. The second kappa shape index (κ2) is 11.0. The van der Waals surface area contributed by atoms with Crippen molar-refractivity contribution in [2.45, 2.75) is 24.9 Å². The van der Waals surface area contributed by atoms with Crippen molar-refractivity contribution in [1.29, 1.82) is 0 Å². The molecule has 5 nitrogen and oxygen atoms in total. The van der Waals surface area contributed by atoms with E-state index in [2.05, 4.69) is 22.3 Å². The van der Waals surface area contributed by atoms with Crippen LogP contribution in [0.2, 0.25) is 5.02 Å². The van der Waals surface area contributed by atoms with Gasteiger partial charge in [-0.15, -0.1) is 24.8 Å². The molecule has 1 fully saturated rings. The highest BCUT2D eigenvalue weighted by molar-refractivity contribution is 6.32. The van der Waals surface area contributed by atoms with Crippen molar-refractivity contribution in [2.75, 3.05) is 40.3 Å². The molecule has 1 N–H and O–H groups in total. The molecule has 1 heterocycles. The minimum atomic E-state index is -0.602. The summed E-state index contributed by atoms with van der Waals surface area (Å²) in [5.74, 6) is -0.434. The Morgan fingerprint density at radius 3 is 2.31 bits per heavy atom. The van der Waals surface area contributed by atoms with Crippen molar-refractivity contribution < 1.29 is 13.9 Å². The molecular weight excluding hydrogens is 476 g/mol. The highest BCUT2D eigenvalue weighted by Gasteiger charge is 2.49. The first-order valence-electron chi connectivity index (χ1n) is 10.2. The molecule has 0 unspecified atom stereocenters. The smallest absolute Gasteiger partial charge is 0.243 e. The lowest BCUT2D eigenvalue weighted by molar-refractivity contribution is -0.144. The van der Waals surface area contributed by atoms with Gasteiger partial charge in [-0.25, -0.2) is 4.39 Å². The van der Waals surface area contributed by atoms with Crippen LogP contribution >= 0.6 is 36.4 Å². The molecule has 32 heavy (non-hydrogen) atoms. The van der Waals surface area contributed by atoms with Crippen molar-refractivity contribution in [1.82, 2.24) is 15.1 Å². The number of nitrogens with zero attached hydrogens (tertiary/aromatic N) is 2. The SMILES string of the molecule is COc1c(F)cc(CN(C)C(=O)C2(N3CCNCC3)Cc3ccccc3C2)cc1Cl.Cl.Cl. The molecule has 1 saturated heterocycles. The third kappa shape index (κ3) is 5.00. The number of methoxy groups -OCH3 is 1. The molecule has 0 atom stereocenters. The molecule has 1 amide bonds. The number of fused-ring (bicyclic) bond motifs is 1. The quantitative estimate of drug-likeness (QED) is 0.674. The van der Waals surface area contributed by atoms with Crippen LogP contribution in [0.4, 0.5) is 4.39 Å². The van der Waals surface area contributed by atoms with Crippen LogP contribution in [0.5, 0.6) is 5.75 Å². The summed E-state index contributed by atoms with van der Waals surface area (Å²) in [6.07, 6.45) is 1.40. The van der Waals surface area contributed by atoms with Gasteiger partial charge in [-0.2, -0.15) is 0 Å². The molecule has 9 heteroatoms. The fourth-order valence-corrected chi connectivity index (χ4v) is 5.11. The number of amides is 1. The third-order valence-corrected chi connectivity index (χ3v) is 6.51. The first-order chi connectivity index (χ1) is 14.4. The van der Waals surface area contributed by atoms with Gasteiger partial charge < -0.3 is 15.0 Å². The Morgan fingerprint density at radius 2 is 1.78 bits per heavy atom. The highest BCUT2D eigenvalue weighted by Crippen LogP contribution is 2.37. The van der Waals surface area contributed by atoms with E-state index < -0.39 is 11.4 Å². The number of carbonyl (C=O) groups excluding carboxylic acids is 1. The van der Waals surface area contributed by atoms with Crippen LogP contribution < -0.4 is 10.1 Å². The van der Waals surface area contributed by atoms with Gasteiger partial charge in [0.05, 0.1) is 12.1 Å². The van der Waals surface area contributed by atoms with Crippen molar-refractivity contribution in [2.24, 2.45) is 0 Å². The van der Waals surface area contributed by atoms with E-state index in [0.29, 0.717) is 18.4 Å². The summed E-state index contributed by atoms with van der Waals surface area (Å²) >= 11 is 6.15. The molecule has 176 valence electrons. The van der Waals surface area contributed by atoms with E-state index in [-0.39, 0.29) is 48.0 Å². The van der Waals surface area contributed by atoms with Crippen molar-refractivity contribution in [3.8, 4) is 5.75 Å². The van der Waals surface area contributed by atoms with Gasteiger partial charge in [-0.3, -0.25) is 9.69 Å². The number of hydrogen-bond donors (Lipinski definition) is 1. The summed E-state index contributed by atoms with van der Waals surface area (Å²) in [5, 5.41) is 3.58. The zero-order valence-electron chi connectivity index (χ0n) is 18.2. The number of rotatable bonds is 5. The minimum Gasteiger partial charge on any atom is -0.492 e. The Hall–Kier alpha value is -1.57. The Balaban J connectivity index is 0.00000181. The lowest BCUT2D eigenvalue weighted by Gasteiger charge is -2.44. The summed E-state index contributed by atoms with van der Waals surface area (Å²) in [7, 11) is 3.17. The van der Waals surface area contributed by atoms with Crippen LogP contribution in [0.3, 0.4) is 0 Å². The van der Waals surface area contributed by atoms with E-state index in [0.717, 1.165) is 26.2 Å². The number of carbonyl (C=O) groups is 1. The molecule has 0 spiro atoms. The molecule has 2 aromatic rings. The second-order valence-corrected chi connectivity index (χ2v) is 8.55. The average Bonchev–Trinajstić information content (AvgIpc) is 3.14. The average molecular weight is 505 g/mol. The normalized spacial score (nSPS) is 17.0. The van der Waals surface area contributed by atoms with Crippen LogP contribution in [0.1, 0.15) is 16.7 Å². The van der Waals surface area contributed by atoms with Crippen molar-refractivity contribution in [3.05, 3.63) is 63.9 Å². The van der Waals surface area contributed by atoms with Gasteiger partial charge in [-0.1, -0.05) is 35.9 Å². The Morgan fingerprint density at radius 1 is 1.19 bits per heavy atom. The monoisotopic (exact) mass is 503 g/mol. The van der Waals surface area contributed by atoms with Gasteiger partial charge in [0.1, 0.15) is 5.54 Å². The molecule has 1 aliphatic heterocycles.